The average molecular weight is 440 g/mol. The number of hydrogen-bond acceptors (Lipinski definition) is 6. The van der Waals surface area contributed by atoms with Gasteiger partial charge in [-0.3, -0.25) is 4.79 Å². The number of benzene rings is 1. The molecule has 1 aliphatic rings. The van der Waals surface area contributed by atoms with Gasteiger partial charge in [0.1, 0.15) is 0 Å². The number of allylic oxidation sites excluding steroid dienone is 1. The lowest BCUT2D eigenvalue weighted by Gasteiger charge is -2.30. The quantitative estimate of drug-likeness (QED) is 0.480. The van der Waals surface area contributed by atoms with Crippen molar-refractivity contribution < 1.29 is 28.6 Å². The Balaban J connectivity index is 2.57. The van der Waals surface area contributed by atoms with Gasteiger partial charge in [-0.15, -0.1) is 0 Å². The highest BCUT2D eigenvalue weighted by Crippen LogP contribution is 2.40. The molecular formula is C20H26ClN3O6. The molecule has 0 radical (unpaired) electrons. The number of urea groups is 1. The number of rotatable bonds is 10. The van der Waals surface area contributed by atoms with Gasteiger partial charge in [0.05, 0.1) is 29.9 Å². The van der Waals surface area contributed by atoms with Crippen molar-refractivity contribution in [1.82, 2.24) is 10.6 Å². The summed E-state index contributed by atoms with van der Waals surface area (Å²) >= 11 is 6.38. The second kappa shape index (κ2) is 10.7. The fourth-order valence-electron chi connectivity index (χ4n) is 3.07. The van der Waals surface area contributed by atoms with E-state index in [4.69, 9.17) is 31.5 Å². The number of carbonyl (C=O) groups excluding carboxylic acids is 3. The smallest absolute Gasteiger partial charge is 0.338 e. The van der Waals surface area contributed by atoms with Crippen molar-refractivity contribution >= 4 is 29.5 Å². The van der Waals surface area contributed by atoms with Crippen molar-refractivity contribution in [3.63, 3.8) is 0 Å². The van der Waals surface area contributed by atoms with E-state index in [2.05, 4.69) is 10.6 Å². The Morgan fingerprint density at radius 1 is 1.17 bits per heavy atom. The van der Waals surface area contributed by atoms with E-state index in [1.165, 1.54) is 0 Å². The molecule has 1 aliphatic heterocycles. The fraction of sp³-hybridized carbons (Fsp3) is 0.450. The summed E-state index contributed by atoms with van der Waals surface area (Å²) in [5.41, 5.74) is 6.43. The minimum absolute atomic E-state index is 0.144. The normalized spacial score (nSPS) is 15.9. The molecule has 9 nitrogen and oxygen atoms in total. The van der Waals surface area contributed by atoms with Gasteiger partial charge in [0.15, 0.2) is 18.1 Å². The molecular weight excluding hydrogens is 414 g/mol. The van der Waals surface area contributed by atoms with Gasteiger partial charge in [-0.2, -0.15) is 0 Å². The number of hydrogen-bond donors (Lipinski definition) is 3. The topological polar surface area (TPSA) is 129 Å². The van der Waals surface area contributed by atoms with E-state index in [1.807, 2.05) is 6.92 Å². The summed E-state index contributed by atoms with van der Waals surface area (Å²) in [7, 11) is 0. The van der Waals surface area contributed by atoms with Crippen LogP contribution in [0.3, 0.4) is 0 Å². The van der Waals surface area contributed by atoms with Gasteiger partial charge >= 0.3 is 12.0 Å². The van der Waals surface area contributed by atoms with Gasteiger partial charge in [-0.05, 0) is 38.0 Å². The summed E-state index contributed by atoms with van der Waals surface area (Å²) in [5, 5.41) is 5.58. The highest BCUT2D eigenvalue weighted by atomic mass is 35.5. The number of nitrogens with two attached hydrogens (primary N) is 1. The van der Waals surface area contributed by atoms with Crippen LogP contribution in [0, 0.1) is 0 Å². The molecule has 1 heterocycles. The Morgan fingerprint density at radius 3 is 2.50 bits per heavy atom. The summed E-state index contributed by atoms with van der Waals surface area (Å²) in [6.07, 6.45) is 1.21. The summed E-state index contributed by atoms with van der Waals surface area (Å²) in [6.45, 7) is 5.52. The first-order valence-corrected chi connectivity index (χ1v) is 10.0. The van der Waals surface area contributed by atoms with Crippen molar-refractivity contribution in [3.8, 4) is 11.5 Å². The molecule has 3 amide bonds. The first-order valence-electron chi connectivity index (χ1n) is 9.67. The van der Waals surface area contributed by atoms with Crippen LogP contribution < -0.4 is 25.8 Å². The zero-order chi connectivity index (χ0) is 22.3. The second-order valence-corrected chi connectivity index (χ2v) is 6.82. The summed E-state index contributed by atoms with van der Waals surface area (Å²) < 4.78 is 16.2. The van der Waals surface area contributed by atoms with Crippen molar-refractivity contribution in [2.45, 2.75) is 39.7 Å². The Morgan fingerprint density at radius 2 is 1.90 bits per heavy atom. The Labute approximate surface area is 179 Å². The molecule has 30 heavy (non-hydrogen) atoms. The highest BCUT2D eigenvalue weighted by molar-refractivity contribution is 6.32. The van der Waals surface area contributed by atoms with Gasteiger partial charge < -0.3 is 30.6 Å². The first kappa shape index (κ1) is 23.3. The number of primary amides is 1. The highest BCUT2D eigenvalue weighted by Gasteiger charge is 2.34. The molecule has 0 aliphatic carbocycles. The van der Waals surface area contributed by atoms with Crippen molar-refractivity contribution in [2.24, 2.45) is 5.73 Å². The molecule has 10 heteroatoms. The van der Waals surface area contributed by atoms with Crippen LogP contribution in [0.2, 0.25) is 5.02 Å². The van der Waals surface area contributed by atoms with E-state index in [1.54, 1.807) is 26.0 Å². The molecule has 1 aromatic rings. The monoisotopic (exact) mass is 439 g/mol. The number of halogens is 1. The van der Waals surface area contributed by atoms with E-state index >= 15 is 0 Å². The first-order chi connectivity index (χ1) is 14.3. The SMILES string of the molecule is CCCC1=C(C(=O)OCC)[C@H](c2cc(Cl)c(OCC(N)=O)c(OCC)c2)NC(=O)N1. The van der Waals surface area contributed by atoms with Gasteiger partial charge in [-0.1, -0.05) is 24.9 Å². The molecule has 1 atom stereocenters. The molecule has 0 saturated carbocycles. The lowest BCUT2D eigenvalue weighted by molar-refractivity contribution is -0.139. The maximum absolute atomic E-state index is 12.7. The van der Waals surface area contributed by atoms with Crippen LogP contribution in [0.25, 0.3) is 0 Å². The lowest BCUT2D eigenvalue weighted by Crippen LogP contribution is -2.46. The van der Waals surface area contributed by atoms with Gasteiger partial charge in [0.25, 0.3) is 5.91 Å². The third kappa shape index (κ3) is 5.56. The molecule has 2 rings (SSSR count). The molecule has 0 aromatic heterocycles. The third-order valence-electron chi connectivity index (χ3n) is 4.17. The van der Waals surface area contributed by atoms with E-state index < -0.39 is 23.9 Å². The predicted molar refractivity (Wildman–Crippen MR) is 110 cm³/mol. The Bertz CT molecular complexity index is 855. The van der Waals surface area contributed by atoms with Crippen LogP contribution in [-0.4, -0.2) is 37.7 Å². The minimum Gasteiger partial charge on any atom is -0.490 e. The largest absolute Gasteiger partial charge is 0.490 e. The van der Waals surface area contributed by atoms with Gasteiger partial charge in [0, 0.05) is 5.70 Å². The maximum Gasteiger partial charge on any atom is 0.338 e. The van der Waals surface area contributed by atoms with Crippen LogP contribution >= 0.6 is 11.6 Å². The number of ether oxygens (including phenoxy) is 3. The van der Waals surface area contributed by atoms with Gasteiger partial charge in [-0.25, -0.2) is 9.59 Å². The molecule has 164 valence electrons. The molecule has 4 N–H and O–H groups in total. The molecule has 0 bridgehead atoms. The second-order valence-electron chi connectivity index (χ2n) is 6.41. The summed E-state index contributed by atoms with van der Waals surface area (Å²) in [5.74, 6) is -0.799. The summed E-state index contributed by atoms with van der Waals surface area (Å²) in [4.78, 5) is 36.0. The molecule has 0 fully saturated rings. The van der Waals surface area contributed by atoms with E-state index in [0.29, 0.717) is 29.9 Å². The van der Waals surface area contributed by atoms with Crippen molar-refractivity contribution in [1.29, 1.82) is 0 Å². The zero-order valence-corrected chi connectivity index (χ0v) is 17.9. The van der Waals surface area contributed by atoms with E-state index in [-0.39, 0.29) is 29.7 Å². The lowest BCUT2D eigenvalue weighted by atomic mass is 9.93. The van der Waals surface area contributed by atoms with E-state index in [9.17, 15) is 14.4 Å². The third-order valence-corrected chi connectivity index (χ3v) is 4.45. The van der Waals surface area contributed by atoms with Crippen LogP contribution in [0.4, 0.5) is 4.79 Å². The molecule has 0 spiro atoms. The summed E-state index contributed by atoms with van der Waals surface area (Å²) in [6, 6.07) is 1.89. The van der Waals surface area contributed by atoms with Crippen LogP contribution in [0.5, 0.6) is 11.5 Å². The number of carbonyl (C=O) groups is 3. The van der Waals surface area contributed by atoms with Crippen molar-refractivity contribution in [3.05, 3.63) is 34.0 Å². The average Bonchev–Trinajstić information content (AvgIpc) is 2.67. The molecule has 1 aromatic carbocycles. The predicted octanol–water partition coefficient (Wildman–Crippen LogP) is 2.57. The van der Waals surface area contributed by atoms with Gasteiger partial charge in [0.2, 0.25) is 0 Å². The maximum atomic E-state index is 12.7. The van der Waals surface area contributed by atoms with Crippen LogP contribution in [-0.2, 0) is 14.3 Å². The number of nitrogens with one attached hydrogen (secondary N) is 2. The number of amides is 3. The van der Waals surface area contributed by atoms with Crippen molar-refractivity contribution in [2.75, 3.05) is 19.8 Å². The van der Waals surface area contributed by atoms with Crippen LogP contribution in [0.15, 0.2) is 23.4 Å². The standard InChI is InChI=1S/C20H26ClN3O6/c1-4-7-13-16(19(26)29-6-3)17(24-20(27)23-13)11-8-12(21)18(30-10-15(22)25)14(9-11)28-5-2/h8-9,17H,4-7,10H2,1-3H3,(H2,22,25)(H2,23,24,27)/t17-/m0/s1. The van der Waals surface area contributed by atoms with Crippen LogP contribution in [0.1, 0.15) is 45.2 Å². The Hall–Kier alpha value is -2.94. The fourth-order valence-corrected chi connectivity index (χ4v) is 3.34. The zero-order valence-electron chi connectivity index (χ0n) is 17.2. The number of esters is 1. The van der Waals surface area contributed by atoms with E-state index in [0.717, 1.165) is 6.42 Å². The molecule has 0 saturated heterocycles. The minimum atomic E-state index is -0.804. The Kier molecular flexibility index (Phi) is 8.35. The molecule has 0 unspecified atom stereocenters.